The number of carbonyl (C=O) groups excluding carboxylic acids is 2. The third-order valence-corrected chi connectivity index (χ3v) is 8.80. The molecule has 9 nitrogen and oxygen atoms in total. The van der Waals surface area contributed by atoms with Crippen molar-refractivity contribution in [1.29, 1.82) is 0 Å². The maximum atomic E-state index is 13.8. The summed E-state index contributed by atoms with van der Waals surface area (Å²) in [5.74, 6) is 0.449. The molecule has 2 heterocycles. The van der Waals surface area contributed by atoms with Gasteiger partial charge in [-0.15, -0.1) is 0 Å². The lowest BCUT2D eigenvalue weighted by Gasteiger charge is -2.40. The monoisotopic (exact) mass is 657 g/mol. The van der Waals surface area contributed by atoms with E-state index in [4.69, 9.17) is 19.0 Å². The van der Waals surface area contributed by atoms with Gasteiger partial charge in [0.05, 0.1) is 0 Å². The second kappa shape index (κ2) is 16.5. The van der Waals surface area contributed by atoms with Gasteiger partial charge in [0.1, 0.15) is 18.0 Å². The average Bonchev–Trinajstić information content (AvgIpc) is 3.08. The predicted octanol–water partition coefficient (Wildman–Crippen LogP) is 7.60. The van der Waals surface area contributed by atoms with Crippen LogP contribution >= 0.6 is 0 Å². The van der Waals surface area contributed by atoms with Crippen LogP contribution < -0.4 is 10.2 Å². The molecule has 2 aliphatic heterocycles. The summed E-state index contributed by atoms with van der Waals surface area (Å²) < 4.78 is 18.0. The molecule has 2 saturated heterocycles. The van der Waals surface area contributed by atoms with Gasteiger partial charge in [-0.25, -0.2) is 15.1 Å². The standard InChI is InChI=1S/C39H51N3O6/c1-28(2)41-22-20-33(21-23-41)42(38(44)47-39(3,4)5)26-30(27-46-35-14-10-12-31-11-6-7-13-34(31)35)25-29-16-18-32(19-17-29)37(43)40-48-36-15-8-9-24-45-36/h6-7,10-14,16-19,25,28,33,36H,8-9,15,20-24,26-27H2,1-5H3,(H,40,43)/b30-25-. The molecule has 0 bridgehead atoms. The topological polar surface area (TPSA) is 89.6 Å². The zero-order valence-electron chi connectivity index (χ0n) is 29.1. The lowest BCUT2D eigenvalue weighted by molar-refractivity contribution is -0.186. The van der Waals surface area contributed by atoms with Crippen molar-refractivity contribution >= 4 is 28.8 Å². The molecule has 2 amide bonds. The predicted molar refractivity (Wildman–Crippen MR) is 189 cm³/mol. The second-order valence-corrected chi connectivity index (χ2v) is 14.0. The molecule has 258 valence electrons. The number of hydrogen-bond donors (Lipinski definition) is 1. The van der Waals surface area contributed by atoms with E-state index in [-0.39, 0.29) is 24.6 Å². The summed E-state index contributed by atoms with van der Waals surface area (Å²) in [6.07, 6.45) is 5.81. The van der Waals surface area contributed by atoms with Crippen molar-refractivity contribution in [2.45, 2.75) is 90.7 Å². The number of hydroxylamine groups is 1. The minimum absolute atomic E-state index is 0.0371. The number of amides is 2. The summed E-state index contributed by atoms with van der Waals surface area (Å²) in [5.41, 5.74) is 4.18. The number of carbonyl (C=O) groups is 2. The van der Waals surface area contributed by atoms with E-state index in [0.29, 0.717) is 24.8 Å². The largest absolute Gasteiger partial charge is 0.489 e. The van der Waals surface area contributed by atoms with Gasteiger partial charge in [-0.2, -0.15) is 0 Å². The van der Waals surface area contributed by atoms with Crippen molar-refractivity contribution in [3.63, 3.8) is 0 Å². The molecular formula is C39H51N3O6. The summed E-state index contributed by atoms with van der Waals surface area (Å²) in [5, 5.41) is 2.13. The molecule has 0 saturated carbocycles. The first-order chi connectivity index (χ1) is 23.1. The molecule has 1 atom stereocenters. The molecule has 2 aliphatic rings. The molecule has 1 unspecified atom stereocenters. The Morgan fingerprint density at radius 3 is 2.40 bits per heavy atom. The van der Waals surface area contributed by atoms with Gasteiger partial charge in [-0.3, -0.25) is 4.79 Å². The van der Waals surface area contributed by atoms with E-state index in [2.05, 4.69) is 42.4 Å². The fourth-order valence-corrected chi connectivity index (χ4v) is 6.17. The Kier molecular flexibility index (Phi) is 12.1. The number of piperidine rings is 1. The van der Waals surface area contributed by atoms with Crippen molar-refractivity contribution < 1.29 is 28.6 Å². The Hall–Kier alpha value is -3.92. The Morgan fingerprint density at radius 2 is 1.71 bits per heavy atom. The van der Waals surface area contributed by atoms with Gasteiger partial charge in [0.15, 0.2) is 6.29 Å². The van der Waals surface area contributed by atoms with Crippen LogP contribution in [0.15, 0.2) is 72.3 Å². The van der Waals surface area contributed by atoms with Gasteiger partial charge in [-0.05, 0) is 95.0 Å². The van der Waals surface area contributed by atoms with E-state index in [1.807, 2.05) is 68.1 Å². The van der Waals surface area contributed by atoms with Gasteiger partial charge < -0.3 is 24.0 Å². The Labute approximate surface area is 285 Å². The van der Waals surface area contributed by atoms with Gasteiger partial charge in [0.2, 0.25) is 0 Å². The fourth-order valence-electron chi connectivity index (χ4n) is 6.17. The third-order valence-electron chi connectivity index (χ3n) is 8.80. The van der Waals surface area contributed by atoms with Crippen LogP contribution in [0.1, 0.15) is 82.6 Å². The van der Waals surface area contributed by atoms with Gasteiger partial charge in [0, 0.05) is 55.7 Å². The smallest absolute Gasteiger partial charge is 0.410 e. The van der Waals surface area contributed by atoms with Crippen molar-refractivity contribution in [3.05, 3.63) is 83.4 Å². The molecule has 9 heteroatoms. The van der Waals surface area contributed by atoms with Crippen molar-refractivity contribution in [2.24, 2.45) is 0 Å². The molecule has 3 aromatic rings. The quantitative estimate of drug-likeness (QED) is 0.213. The summed E-state index contributed by atoms with van der Waals surface area (Å²) in [4.78, 5) is 36.3. The molecule has 0 aromatic heterocycles. The minimum atomic E-state index is -0.624. The number of hydrogen-bond acceptors (Lipinski definition) is 7. The van der Waals surface area contributed by atoms with Crippen LogP contribution in [0.2, 0.25) is 0 Å². The van der Waals surface area contributed by atoms with Crippen LogP contribution in [0.25, 0.3) is 16.8 Å². The fraction of sp³-hybridized carbons (Fsp3) is 0.487. The zero-order valence-corrected chi connectivity index (χ0v) is 29.1. The summed E-state index contributed by atoms with van der Waals surface area (Å²) >= 11 is 0. The van der Waals surface area contributed by atoms with Crippen molar-refractivity contribution in [2.75, 3.05) is 32.8 Å². The van der Waals surface area contributed by atoms with Gasteiger partial charge >= 0.3 is 6.09 Å². The average molecular weight is 658 g/mol. The highest BCUT2D eigenvalue weighted by Gasteiger charge is 2.32. The molecular weight excluding hydrogens is 606 g/mol. The number of nitrogens with one attached hydrogen (secondary N) is 1. The van der Waals surface area contributed by atoms with Crippen LogP contribution in [0.4, 0.5) is 4.79 Å². The highest BCUT2D eigenvalue weighted by Crippen LogP contribution is 2.27. The summed E-state index contributed by atoms with van der Waals surface area (Å²) in [7, 11) is 0. The first-order valence-electron chi connectivity index (χ1n) is 17.3. The van der Waals surface area contributed by atoms with E-state index in [1.165, 1.54) is 0 Å². The van der Waals surface area contributed by atoms with Crippen LogP contribution in [0.5, 0.6) is 5.75 Å². The number of rotatable bonds is 11. The summed E-state index contributed by atoms with van der Waals surface area (Å²) in [6, 6.07) is 22.0. The Bertz CT molecular complexity index is 1530. The molecule has 1 N–H and O–H groups in total. The molecule has 0 radical (unpaired) electrons. The summed E-state index contributed by atoms with van der Waals surface area (Å²) in [6.45, 7) is 13.2. The molecule has 0 spiro atoms. The Morgan fingerprint density at radius 1 is 0.979 bits per heavy atom. The number of fused-ring (bicyclic) bond motifs is 1. The number of benzene rings is 3. The number of nitrogens with zero attached hydrogens (tertiary/aromatic N) is 2. The lowest BCUT2D eigenvalue weighted by Crippen LogP contribution is -2.50. The SMILES string of the molecule is CC(C)N1CCC(N(C/C(=C/c2ccc(C(=O)NOC3CCCCO3)cc2)COc2cccc3ccccc23)C(=O)OC(C)(C)C)CC1. The van der Waals surface area contributed by atoms with Crippen molar-refractivity contribution in [1.82, 2.24) is 15.3 Å². The normalized spacial score (nSPS) is 18.1. The maximum absolute atomic E-state index is 13.8. The lowest BCUT2D eigenvalue weighted by atomic mass is 10.0. The highest BCUT2D eigenvalue weighted by molar-refractivity contribution is 5.93. The van der Waals surface area contributed by atoms with Crippen LogP contribution in [-0.4, -0.2) is 78.6 Å². The first-order valence-corrected chi connectivity index (χ1v) is 17.3. The Balaban J connectivity index is 1.38. The van der Waals surface area contributed by atoms with E-state index in [0.717, 1.165) is 72.9 Å². The molecule has 48 heavy (non-hydrogen) atoms. The molecule has 3 aromatic carbocycles. The van der Waals surface area contributed by atoms with Crippen molar-refractivity contribution in [3.8, 4) is 5.75 Å². The van der Waals surface area contributed by atoms with E-state index in [9.17, 15) is 9.59 Å². The van der Waals surface area contributed by atoms with Crippen LogP contribution in [0.3, 0.4) is 0 Å². The maximum Gasteiger partial charge on any atom is 0.410 e. The highest BCUT2D eigenvalue weighted by atomic mass is 16.8. The molecule has 5 rings (SSSR count). The number of ether oxygens (including phenoxy) is 3. The van der Waals surface area contributed by atoms with Gasteiger partial charge in [0.25, 0.3) is 5.91 Å². The second-order valence-electron chi connectivity index (χ2n) is 14.0. The molecule has 2 fully saturated rings. The van der Waals surface area contributed by atoms with E-state index in [1.54, 1.807) is 12.1 Å². The van der Waals surface area contributed by atoms with Gasteiger partial charge in [-0.1, -0.05) is 54.6 Å². The van der Waals surface area contributed by atoms with E-state index < -0.39 is 11.9 Å². The van der Waals surface area contributed by atoms with Crippen LogP contribution in [0, 0.1) is 0 Å². The van der Waals surface area contributed by atoms with Crippen LogP contribution in [-0.2, 0) is 14.3 Å². The third kappa shape index (κ3) is 10.0. The number of likely N-dealkylation sites (tertiary alicyclic amines) is 1. The molecule has 0 aliphatic carbocycles. The zero-order chi connectivity index (χ0) is 34.1. The van der Waals surface area contributed by atoms with E-state index >= 15 is 0 Å². The minimum Gasteiger partial charge on any atom is -0.489 e. The first kappa shape index (κ1) is 35.4.